The number of hydrogen-bond acceptors (Lipinski definition) is 3. The first kappa shape index (κ1) is 12.0. The molecule has 0 fully saturated rings. The zero-order valence-electron chi connectivity index (χ0n) is 9.83. The van der Waals surface area contributed by atoms with Crippen LogP contribution >= 0.6 is 0 Å². The normalized spacial score (nSPS) is 10.3. The third-order valence-electron chi connectivity index (χ3n) is 2.51. The van der Waals surface area contributed by atoms with Crippen molar-refractivity contribution in [2.45, 2.75) is 13.5 Å². The summed E-state index contributed by atoms with van der Waals surface area (Å²) in [6, 6.07) is 7.96. The number of carbonyl (C=O) groups is 1. The van der Waals surface area contributed by atoms with E-state index in [2.05, 4.69) is 5.10 Å². The van der Waals surface area contributed by atoms with Gasteiger partial charge in [0.05, 0.1) is 18.3 Å². The summed E-state index contributed by atoms with van der Waals surface area (Å²) >= 11 is 0. The molecule has 0 aliphatic rings. The standard InChI is InChI=1S/C13H12N2O3/c1-9-5-12(16)15(14-7-9)8-10-3-2-4-11(6-10)13(17)18/h2-7H,8H2,1H3,(H,17,18). The molecule has 0 aliphatic carbocycles. The van der Waals surface area contributed by atoms with Crippen LogP contribution < -0.4 is 5.56 Å². The number of aromatic carboxylic acids is 1. The second kappa shape index (κ2) is 4.83. The minimum Gasteiger partial charge on any atom is -0.478 e. The Hall–Kier alpha value is -2.43. The smallest absolute Gasteiger partial charge is 0.335 e. The summed E-state index contributed by atoms with van der Waals surface area (Å²) in [4.78, 5) is 22.5. The molecule has 0 radical (unpaired) electrons. The van der Waals surface area contributed by atoms with Crippen LogP contribution in [0.1, 0.15) is 21.5 Å². The van der Waals surface area contributed by atoms with Crippen LogP contribution in [-0.2, 0) is 6.54 Å². The van der Waals surface area contributed by atoms with Crippen LogP contribution in [0.5, 0.6) is 0 Å². The fraction of sp³-hybridized carbons (Fsp3) is 0.154. The van der Waals surface area contributed by atoms with E-state index in [1.54, 1.807) is 25.3 Å². The van der Waals surface area contributed by atoms with Crippen molar-refractivity contribution >= 4 is 5.97 Å². The maximum absolute atomic E-state index is 11.6. The van der Waals surface area contributed by atoms with E-state index in [0.29, 0.717) is 0 Å². The Bertz CT molecular complexity index is 647. The highest BCUT2D eigenvalue weighted by Gasteiger charge is 2.04. The second-order valence-corrected chi connectivity index (χ2v) is 4.03. The van der Waals surface area contributed by atoms with Gasteiger partial charge in [0.1, 0.15) is 0 Å². The van der Waals surface area contributed by atoms with Crippen molar-refractivity contribution in [2.75, 3.05) is 0 Å². The van der Waals surface area contributed by atoms with Gasteiger partial charge in [0.2, 0.25) is 0 Å². The van der Waals surface area contributed by atoms with Gasteiger partial charge in [0, 0.05) is 6.07 Å². The second-order valence-electron chi connectivity index (χ2n) is 4.03. The molecule has 1 N–H and O–H groups in total. The molecule has 0 amide bonds. The van der Waals surface area contributed by atoms with Crippen molar-refractivity contribution < 1.29 is 9.90 Å². The number of aryl methyl sites for hydroxylation is 1. The molecule has 5 nitrogen and oxygen atoms in total. The average Bonchev–Trinajstić information content (AvgIpc) is 2.33. The Morgan fingerprint density at radius 3 is 2.83 bits per heavy atom. The van der Waals surface area contributed by atoms with Crippen molar-refractivity contribution in [3.05, 3.63) is 63.6 Å². The summed E-state index contributed by atoms with van der Waals surface area (Å²) in [5.74, 6) is -0.985. The molecule has 0 atom stereocenters. The molecule has 2 aromatic rings. The zero-order chi connectivity index (χ0) is 13.1. The molecule has 0 saturated carbocycles. The highest BCUT2D eigenvalue weighted by molar-refractivity contribution is 5.87. The number of carboxylic acids is 1. The number of aromatic nitrogens is 2. The van der Waals surface area contributed by atoms with Crippen LogP contribution in [0.3, 0.4) is 0 Å². The third kappa shape index (κ3) is 2.63. The molecule has 1 heterocycles. The van der Waals surface area contributed by atoms with E-state index in [1.165, 1.54) is 22.9 Å². The van der Waals surface area contributed by atoms with E-state index < -0.39 is 5.97 Å². The molecule has 1 aromatic carbocycles. The van der Waals surface area contributed by atoms with Gasteiger partial charge in [-0.3, -0.25) is 4.79 Å². The maximum atomic E-state index is 11.6. The number of rotatable bonds is 3. The third-order valence-corrected chi connectivity index (χ3v) is 2.51. The van der Waals surface area contributed by atoms with Crippen LogP contribution in [0.15, 0.2) is 41.3 Å². The monoisotopic (exact) mass is 244 g/mol. The molecular formula is C13H12N2O3. The lowest BCUT2D eigenvalue weighted by Gasteiger charge is -2.05. The van der Waals surface area contributed by atoms with Crippen LogP contribution in [0, 0.1) is 6.92 Å². The van der Waals surface area contributed by atoms with Gasteiger partial charge in [-0.2, -0.15) is 5.10 Å². The van der Waals surface area contributed by atoms with Gasteiger partial charge in [-0.15, -0.1) is 0 Å². The van der Waals surface area contributed by atoms with Crippen molar-refractivity contribution in [2.24, 2.45) is 0 Å². The molecule has 0 bridgehead atoms. The highest BCUT2D eigenvalue weighted by Crippen LogP contribution is 2.06. The van der Waals surface area contributed by atoms with Crippen molar-refractivity contribution in [1.82, 2.24) is 9.78 Å². The van der Waals surface area contributed by atoms with Crippen LogP contribution in [0.4, 0.5) is 0 Å². The Balaban J connectivity index is 2.31. The lowest BCUT2D eigenvalue weighted by atomic mass is 10.1. The molecule has 92 valence electrons. The number of benzene rings is 1. The van der Waals surface area contributed by atoms with E-state index in [1.807, 2.05) is 0 Å². The van der Waals surface area contributed by atoms with E-state index in [9.17, 15) is 9.59 Å². The fourth-order valence-corrected chi connectivity index (χ4v) is 1.62. The molecule has 18 heavy (non-hydrogen) atoms. The first-order valence-corrected chi connectivity index (χ1v) is 5.42. The largest absolute Gasteiger partial charge is 0.478 e. The predicted octanol–water partition coefficient (Wildman–Crippen LogP) is 1.30. The van der Waals surface area contributed by atoms with Crippen molar-refractivity contribution in [3.63, 3.8) is 0 Å². The van der Waals surface area contributed by atoms with E-state index >= 15 is 0 Å². The van der Waals surface area contributed by atoms with Gasteiger partial charge < -0.3 is 5.11 Å². The summed E-state index contributed by atoms with van der Waals surface area (Å²) in [6.45, 7) is 2.06. The first-order valence-electron chi connectivity index (χ1n) is 5.42. The van der Waals surface area contributed by atoms with Crippen molar-refractivity contribution in [3.8, 4) is 0 Å². The summed E-state index contributed by atoms with van der Waals surface area (Å²) in [5.41, 5.74) is 1.53. The zero-order valence-corrected chi connectivity index (χ0v) is 9.83. The maximum Gasteiger partial charge on any atom is 0.335 e. The molecule has 5 heteroatoms. The highest BCUT2D eigenvalue weighted by atomic mass is 16.4. The Morgan fingerprint density at radius 1 is 1.39 bits per heavy atom. The summed E-state index contributed by atoms with van der Waals surface area (Å²) in [5, 5.41) is 12.9. The molecule has 2 rings (SSSR count). The molecular weight excluding hydrogens is 232 g/mol. The van der Waals surface area contributed by atoms with Crippen LogP contribution in [0.25, 0.3) is 0 Å². The van der Waals surface area contributed by atoms with Crippen LogP contribution in [0.2, 0.25) is 0 Å². The quantitative estimate of drug-likeness (QED) is 0.883. The first-order chi connectivity index (χ1) is 8.56. The van der Waals surface area contributed by atoms with Gasteiger partial charge in [-0.25, -0.2) is 9.48 Å². The fourth-order valence-electron chi connectivity index (χ4n) is 1.62. The van der Waals surface area contributed by atoms with Crippen molar-refractivity contribution in [1.29, 1.82) is 0 Å². The lowest BCUT2D eigenvalue weighted by Crippen LogP contribution is -2.22. The molecule has 0 aliphatic heterocycles. The topological polar surface area (TPSA) is 72.2 Å². The van der Waals surface area contributed by atoms with Gasteiger partial charge in [-0.05, 0) is 30.2 Å². The van der Waals surface area contributed by atoms with E-state index in [0.717, 1.165) is 11.1 Å². The number of hydrogen-bond donors (Lipinski definition) is 1. The summed E-state index contributed by atoms with van der Waals surface area (Å²) in [6.07, 6.45) is 1.60. The molecule has 0 saturated heterocycles. The summed E-state index contributed by atoms with van der Waals surface area (Å²) < 4.78 is 1.30. The number of carboxylic acid groups (broad SMARTS) is 1. The Labute approximate surface area is 103 Å². The minimum absolute atomic E-state index is 0.198. The summed E-state index contributed by atoms with van der Waals surface area (Å²) in [7, 11) is 0. The van der Waals surface area contributed by atoms with E-state index in [-0.39, 0.29) is 17.7 Å². The van der Waals surface area contributed by atoms with E-state index in [4.69, 9.17) is 5.11 Å². The van der Waals surface area contributed by atoms with Crippen LogP contribution in [-0.4, -0.2) is 20.9 Å². The van der Waals surface area contributed by atoms with Gasteiger partial charge >= 0.3 is 5.97 Å². The van der Waals surface area contributed by atoms with Gasteiger partial charge in [0.15, 0.2) is 0 Å². The number of nitrogens with zero attached hydrogens (tertiary/aromatic N) is 2. The minimum atomic E-state index is -0.985. The van der Waals surface area contributed by atoms with Gasteiger partial charge in [0.25, 0.3) is 5.56 Å². The SMILES string of the molecule is Cc1cnn(Cc2cccc(C(=O)O)c2)c(=O)c1. The lowest BCUT2D eigenvalue weighted by molar-refractivity contribution is 0.0696. The predicted molar refractivity (Wildman–Crippen MR) is 65.7 cm³/mol. The van der Waals surface area contributed by atoms with Gasteiger partial charge in [-0.1, -0.05) is 12.1 Å². The molecule has 0 spiro atoms. The Kier molecular flexibility index (Phi) is 3.23. The molecule has 0 unspecified atom stereocenters. The Morgan fingerprint density at radius 2 is 2.17 bits per heavy atom. The average molecular weight is 244 g/mol. The molecule has 1 aromatic heterocycles.